The second-order valence-electron chi connectivity index (χ2n) is 4.79. The van der Waals surface area contributed by atoms with Crippen LogP contribution in [-0.2, 0) is 4.79 Å². The number of aliphatic hydroxyl groups excluding tert-OH is 1. The van der Waals surface area contributed by atoms with Crippen LogP contribution in [-0.4, -0.2) is 42.6 Å². The van der Waals surface area contributed by atoms with E-state index in [1.54, 1.807) is 0 Å². The van der Waals surface area contributed by atoms with Crippen LogP contribution in [0.25, 0.3) is 0 Å². The summed E-state index contributed by atoms with van der Waals surface area (Å²) in [6.07, 6.45) is -0.128. The van der Waals surface area contributed by atoms with Gasteiger partial charge >= 0.3 is 0 Å². The molecule has 6 heteroatoms. The van der Waals surface area contributed by atoms with Gasteiger partial charge in [0.15, 0.2) is 11.6 Å². The van der Waals surface area contributed by atoms with Crippen molar-refractivity contribution in [3.05, 3.63) is 35.4 Å². The summed E-state index contributed by atoms with van der Waals surface area (Å²) in [4.78, 5) is 12.5. The van der Waals surface area contributed by atoms with Crippen LogP contribution in [0, 0.1) is 11.6 Å². The number of carbonyl (C=O) groups is 1. The summed E-state index contributed by atoms with van der Waals surface area (Å²) in [5.74, 6) is -1.96. The van der Waals surface area contributed by atoms with E-state index in [9.17, 15) is 18.7 Å². The minimum absolute atomic E-state index is 0.0746. The molecule has 1 amide bonds. The molecular weight excluding hydrogens is 266 g/mol. The summed E-state index contributed by atoms with van der Waals surface area (Å²) in [5, 5.41) is 12.6. The first-order valence-corrected chi connectivity index (χ1v) is 6.46. The van der Waals surface area contributed by atoms with Crippen molar-refractivity contribution in [2.75, 3.05) is 26.7 Å². The molecule has 1 aromatic carbocycles. The Labute approximate surface area is 117 Å². The maximum absolute atomic E-state index is 13.1. The Balaban J connectivity index is 2.38. The van der Waals surface area contributed by atoms with E-state index in [1.807, 2.05) is 11.9 Å². The van der Waals surface area contributed by atoms with Gasteiger partial charge in [-0.25, -0.2) is 8.78 Å². The lowest BCUT2D eigenvalue weighted by Crippen LogP contribution is -2.29. The second-order valence-corrected chi connectivity index (χ2v) is 4.79. The highest BCUT2D eigenvalue weighted by Crippen LogP contribution is 2.17. The standard InChI is InChI=1S/C14H20F2N2O2/c1-10(19)17-6-3-7-18(2)9-14(20)11-4-5-12(15)13(16)8-11/h4-5,8,14,20H,3,6-7,9H2,1-2H3,(H,17,19). The molecule has 1 rings (SSSR count). The van der Waals surface area contributed by atoms with E-state index in [-0.39, 0.29) is 5.91 Å². The van der Waals surface area contributed by atoms with Crippen LogP contribution < -0.4 is 5.32 Å². The van der Waals surface area contributed by atoms with Crippen LogP contribution in [0.15, 0.2) is 18.2 Å². The molecule has 0 spiro atoms. The quantitative estimate of drug-likeness (QED) is 0.746. The van der Waals surface area contributed by atoms with Gasteiger partial charge in [0.1, 0.15) is 0 Å². The van der Waals surface area contributed by atoms with E-state index in [2.05, 4.69) is 5.32 Å². The lowest BCUT2D eigenvalue weighted by molar-refractivity contribution is -0.118. The van der Waals surface area contributed by atoms with Gasteiger partial charge in [0.2, 0.25) is 5.91 Å². The van der Waals surface area contributed by atoms with E-state index < -0.39 is 17.7 Å². The number of benzene rings is 1. The highest BCUT2D eigenvalue weighted by Gasteiger charge is 2.13. The summed E-state index contributed by atoms with van der Waals surface area (Å²) >= 11 is 0. The first kappa shape index (κ1) is 16.5. The number of rotatable bonds is 7. The number of hydrogen-bond donors (Lipinski definition) is 2. The number of nitrogens with zero attached hydrogens (tertiary/aromatic N) is 1. The molecule has 0 aliphatic rings. The van der Waals surface area contributed by atoms with Gasteiger partial charge in [0.25, 0.3) is 0 Å². The van der Waals surface area contributed by atoms with Gasteiger partial charge in [-0.1, -0.05) is 6.07 Å². The highest BCUT2D eigenvalue weighted by molar-refractivity contribution is 5.72. The van der Waals surface area contributed by atoms with Crippen molar-refractivity contribution in [2.45, 2.75) is 19.4 Å². The predicted octanol–water partition coefficient (Wildman–Crippen LogP) is 1.46. The Morgan fingerprint density at radius 1 is 1.40 bits per heavy atom. The van der Waals surface area contributed by atoms with Gasteiger partial charge in [0, 0.05) is 20.0 Å². The number of amides is 1. The van der Waals surface area contributed by atoms with Crippen LogP contribution in [0.2, 0.25) is 0 Å². The molecule has 1 aromatic rings. The van der Waals surface area contributed by atoms with Crippen LogP contribution in [0.1, 0.15) is 25.0 Å². The maximum atomic E-state index is 13.1. The minimum Gasteiger partial charge on any atom is -0.387 e. The van der Waals surface area contributed by atoms with Crippen LogP contribution in [0.4, 0.5) is 8.78 Å². The average Bonchev–Trinajstić information content (AvgIpc) is 2.37. The molecule has 0 aliphatic carbocycles. The highest BCUT2D eigenvalue weighted by atomic mass is 19.2. The number of likely N-dealkylation sites (N-methyl/N-ethyl adjacent to an activating group) is 1. The zero-order chi connectivity index (χ0) is 15.1. The SMILES string of the molecule is CC(=O)NCCCN(C)CC(O)c1ccc(F)c(F)c1. The molecule has 1 unspecified atom stereocenters. The van der Waals surface area contributed by atoms with Crippen molar-refractivity contribution < 1.29 is 18.7 Å². The third-order valence-corrected chi connectivity index (χ3v) is 2.90. The van der Waals surface area contributed by atoms with Gasteiger partial charge in [-0.2, -0.15) is 0 Å². The van der Waals surface area contributed by atoms with Crippen molar-refractivity contribution >= 4 is 5.91 Å². The lowest BCUT2D eigenvalue weighted by atomic mass is 10.1. The smallest absolute Gasteiger partial charge is 0.216 e. The molecule has 0 fully saturated rings. The minimum atomic E-state index is -0.963. The molecule has 112 valence electrons. The molecule has 0 radical (unpaired) electrons. The van der Waals surface area contributed by atoms with Crippen LogP contribution in [0.5, 0.6) is 0 Å². The Hall–Kier alpha value is -1.53. The number of carbonyl (C=O) groups excluding carboxylic acids is 1. The van der Waals surface area contributed by atoms with Gasteiger partial charge in [0.05, 0.1) is 6.10 Å². The molecule has 2 N–H and O–H groups in total. The maximum Gasteiger partial charge on any atom is 0.216 e. The fraction of sp³-hybridized carbons (Fsp3) is 0.500. The molecule has 1 atom stereocenters. The summed E-state index contributed by atoms with van der Waals surface area (Å²) in [6, 6.07) is 3.38. The number of aliphatic hydroxyl groups is 1. The number of hydrogen-bond acceptors (Lipinski definition) is 3. The van der Waals surface area contributed by atoms with Crippen LogP contribution >= 0.6 is 0 Å². The third kappa shape index (κ3) is 5.63. The molecule has 0 saturated heterocycles. The van der Waals surface area contributed by atoms with Gasteiger partial charge in [-0.05, 0) is 37.7 Å². The monoisotopic (exact) mass is 286 g/mol. The molecule has 0 aromatic heterocycles. The molecule has 0 bridgehead atoms. The van der Waals surface area contributed by atoms with E-state index in [4.69, 9.17) is 0 Å². The van der Waals surface area contributed by atoms with E-state index in [0.29, 0.717) is 25.2 Å². The summed E-state index contributed by atoms with van der Waals surface area (Å²) in [6.45, 7) is 3.02. The van der Waals surface area contributed by atoms with Crippen molar-refractivity contribution in [1.82, 2.24) is 10.2 Å². The summed E-state index contributed by atoms with van der Waals surface area (Å²) in [7, 11) is 1.82. The topological polar surface area (TPSA) is 52.6 Å². The zero-order valence-electron chi connectivity index (χ0n) is 11.7. The third-order valence-electron chi connectivity index (χ3n) is 2.90. The largest absolute Gasteiger partial charge is 0.387 e. The van der Waals surface area contributed by atoms with E-state index >= 15 is 0 Å². The van der Waals surface area contributed by atoms with Gasteiger partial charge < -0.3 is 15.3 Å². The molecular formula is C14H20F2N2O2. The molecule has 20 heavy (non-hydrogen) atoms. The molecule has 4 nitrogen and oxygen atoms in total. The Morgan fingerprint density at radius 3 is 2.70 bits per heavy atom. The van der Waals surface area contributed by atoms with Crippen molar-refractivity contribution in [3.63, 3.8) is 0 Å². The summed E-state index contributed by atoms with van der Waals surface area (Å²) < 4.78 is 25.9. The molecule has 0 aliphatic heterocycles. The summed E-state index contributed by atoms with van der Waals surface area (Å²) in [5.41, 5.74) is 0.345. The van der Waals surface area contributed by atoms with E-state index in [1.165, 1.54) is 13.0 Å². The fourth-order valence-electron chi connectivity index (χ4n) is 1.82. The Kier molecular flexibility index (Phi) is 6.54. The number of nitrogens with one attached hydrogen (secondary N) is 1. The Bertz CT molecular complexity index is 455. The second kappa shape index (κ2) is 7.91. The zero-order valence-corrected chi connectivity index (χ0v) is 11.7. The first-order valence-electron chi connectivity index (χ1n) is 6.46. The van der Waals surface area contributed by atoms with Crippen molar-refractivity contribution in [2.24, 2.45) is 0 Å². The van der Waals surface area contributed by atoms with Crippen LogP contribution in [0.3, 0.4) is 0 Å². The van der Waals surface area contributed by atoms with Crippen molar-refractivity contribution in [3.8, 4) is 0 Å². The fourth-order valence-corrected chi connectivity index (χ4v) is 1.82. The van der Waals surface area contributed by atoms with E-state index in [0.717, 1.165) is 18.6 Å². The average molecular weight is 286 g/mol. The first-order chi connectivity index (χ1) is 9.40. The van der Waals surface area contributed by atoms with Crippen molar-refractivity contribution in [1.29, 1.82) is 0 Å². The Morgan fingerprint density at radius 2 is 2.10 bits per heavy atom. The lowest BCUT2D eigenvalue weighted by Gasteiger charge is -2.20. The normalized spacial score (nSPS) is 12.5. The number of halogens is 2. The molecule has 0 saturated carbocycles. The predicted molar refractivity (Wildman–Crippen MR) is 72.1 cm³/mol. The van der Waals surface area contributed by atoms with Gasteiger partial charge in [-0.15, -0.1) is 0 Å². The van der Waals surface area contributed by atoms with Gasteiger partial charge in [-0.3, -0.25) is 4.79 Å². The molecule has 0 heterocycles.